The highest BCUT2D eigenvalue weighted by Gasteiger charge is 2.28. The number of anilines is 3. The van der Waals surface area contributed by atoms with E-state index in [-0.39, 0.29) is 11.6 Å². The predicted octanol–water partition coefficient (Wildman–Crippen LogP) is 4.42. The van der Waals surface area contributed by atoms with Crippen molar-refractivity contribution >= 4 is 39.9 Å². The van der Waals surface area contributed by atoms with Crippen LogP contribution in [0.15, 0.2) is 66.7 Å². The van der Waals surface area contributed by atoms with Gasteiger partial charge in [-0.2, -0.15) is 0 Å². The number of hydrogen-bond donors (Lipinski definition) is 3. The lowest BCUT2D eigenvalue weighted by Crippen LogP contribution is -2.10. The Morgan fingerprint density at radius 1 is 1.07 bits per heavy atom. The molecule has 3 aromatic rings. The minimum absolute atomic E-state index is 0.00734. The molecule has 144 valence electrons. The average molecular weight is 386 g/mol. The van der Waals surface area contributed by atoms with Crippen molar-refractivity contribution in [1.82, 2.24) is 0 Å². The van der Waals surface area contributed by atoms with E-state index in [2.05, 4.69) is 10.6 Å². The van der Waals surface area contributed by atoms with Crippen LogP contribution in [0, 0.1) is 17.0 Å². The molecule has 0 atom stereocenters. The molecule has 0 spiro atoms. The zero-order valence-electron chi connectivity index (χ0n) is 15.6. The Hall–Kier alpha value is -4.13. The van der Waals surface area contributed by atoms with Gasteiger partial charge >= 0.3 is 0 Å². The number of nitrogens with zero attached hydrogens (tertiary/aromatic N) is 1. The highest BCUT2D eigenvalue weighted by molar-refractivity contribution is 6.37. The molecule has 4 N–H and O–H groups in total. The zero-order chi connectivity index (χ0) is 20.5. The molecule has 0 fully saturated rings. The maximum atomic E-state index is 12.8. The van der Waals surface area contributed by atoms with Gasteiger partial charge in [-0.1, -0.05) is 36.4 Å². The van der Waals surface area contributed by atoms with E-state index < -0.39 is 4.92 Å². The molecule has 7 nitrogen and oxygen atoms in total. The maximum Gasteiger partial charge on any atom is 0.274 e. The number of nitro benzene ring substituents is 1. The number of rotatable bonds is 4. The van der Waals surface area contributed by atoms with Gasteiger partial charge in [0.2, 0.25) is 0 Å². The Morgan fingerprint density at radius 3 is 2.55 bits per heavy atom. The van der Waals surface area contributed by atoms with Gasteiger partial charge in [-0.05, 0) is 36.8 Å². The van der Waals surface area contributed by atoms with Crippen molar-refractivity contribution in [2.45, 2.75) is 6.92 Å². The molecule has 7 heteroatoms. The number of carbonyl (C=O) groups excluding carboxylic acids is 1. The van der Waals surface area contributed by atoms with Crippen LogP contribution in [-0.2, 0) is 4.79 Å². The van der Waals surface area contributed by atoms with Crippen molar-refractivity contribution in [2.75, 3.05) is 16.4 Å². The number of nitrogens with one attached hydrogen (secondary N) is 2. The summed E-state index contributed by atoms with van der Waals surface area (Å²) in [7, 11) is 0. The van der Waals surface area contributed by atoms with E-state index in [1.165, 1.54) is 6.07 Å². The zero-order valence-corrected chi connectivity index (χ0v) is 15.6. The molecule has 1 heterocycles. The van der Waals surface area contributed by atoms with E-state index >= 15 is 0 Å². The van der Waals surface area contributed by atoms with Gasteiger partial charge in [0, 0.05) is 34.3 Å². The van der Waals surface area contributed by atoms with Crippen LogP contribution in [0.3, 0.4) is 0 Å². The number of benzene rings is 3. The van der Waals surface area contributed by atoms with Gasteiger partial charge in [-0.25, -0.2) is 0 Å². The van der Waals surface area contributed by atoms with E-state index in [4.69, 9.17) is 5.73 Å². The Kier molecular flexibility index (Phi) is 4.48. The molecule has 1 amide bonds. The molecule has 0 bridgehead atoms. The fraction of sp³-hybridized carbons (Fsp3) is 0.0455. The van der Waals surface area contributed by atoms with Crippen LogP contribution in [0.1, 0.15) is 16.7 Å². The van der Waals surface area contributed by atoms with E-state index in [0.717, 1.165) is 5.56 Å². The number of fused-ring (bicyclic) bond motifs is 1. The van der Waals surface area contributed by atoms with Gasteiger partial charge in [0.25, 0.3) is 11.6 Å². The summed E-state index contributed by atoms with van der Waals surface area (Å²) < 4.78 is 0. The third-order valence-corrected chi connectivity index (χ3v) is 4.78. The minimum Gasteiger partial charge on any atom is -0.399 e. The van der Waals surface area contributed by atoms with Gasteiger partial charge < -0.3 is 16.4 Å². The van der Waals surface area contributed by atoms with Crippen LogP contribution in [0.25, 0.3) is 11.3 Å². The van der Waals surface area contributed by atoms with Gasteiger partial charge in [-0.3, -0.25) is 14.9 Å². The topological polar surface area (TPSA) is 110 Å². The van der Waals surface area contributed by atoms with E-state index in [1.54, 1.807) is 37.3 Å². The Bertz CT molecular complexity index is 1170. The summed E-state index contributed by atoms with van der Waals surface area (Å²) >= 11 is 0. The quantitative estimate of drug-likeness (QED) is 0.266. The van der Waals surface area contributed by atoms with E-state index in [9.17, 15) is 14.9 Å². The van der Waals surface area contributed by atoms with Gasteiger partial charge in [0.1, 0.15) is 0 Å². The second-order valence-corrected chi connectivity index (χ2v) is 6.76. The van der Waals surface area contributed by atoms with Gasteiger partial charge in [0.15, 0.2) is 0 Å². The van der Waals surface area contributed by atoms with Crippen molar-refractivity contribution in [2.24, 2.45) is 0 Å². The van der Waals surface area contributed by atoms with Crippen molar-refractivity contribution in [3.05, 3.63) is 93.5 Å². The summed E-state index contributed by atoms with van der Waals surface area (Å²) in [4.78, 5) is 23.7. The molecule has 0 saturated carbocycles. The van der Waals surface area contributed by atoms with E-state index in [1.807, 2.05) is 30.3 Å². The molecular formula is C22H18N4O3. The standard InChI is InChI=1S/C22H18N4O3/c1-13-7-9-16(12-19(13)26(28)29)24-21(14-5-3-2-4-6-14)20-17-11-15(23)8-10-18(17)25-22(20)27/h2-12,24H,23H2,1H3,(H,25,27). The smallest absolute Gasteiger partial charge is 0.274 e. The van der Waals surface area contributed by atoms with Crippen LogP contribution in [0.5, 0.6) is 0 Å². The number of aryl methyl sites for hydroxylation is 1. The SMILES string of the molecule is Cc1ccc(NC(=C2C(=O)Nc3ccc(N)cc32)c2ccccc2)cc1[N+](=O)[O-]. The first-order valence-electron chi connectivity index (χ1n) is 8.97. The third kappa shape index (κ3) is 3.41. The fourth-order valence-corrected chi connectivity index (χ4v) is 3.35. The summed E-state index contributed by atoms with van der Waals surface area (Å²) in [6.45, 7) is 1.68. The van der Waals surface area contributed by atoms with Crippen molar-refractivity contribution in [3.8, 4) is 0 Å². The molecule has 0 radical (unpaired) electrons. The molecule has 0 unspecified atom stereocenters. The highest BCUT2D eigenvalue weighted by Crippen LogP contribution is 2.38. The highest BCUT2D eigenvalue weighted by atomic mass is 16.6. The lowest BCUT2D eigenvalue weighted by atomic mass is 9.99. The van der Waals surface area contributed by atoms with Crippen molar-refractivity contribution in [3.63, 3.8) is 0 Å². The van der Waals surface area contributed by atoms with Crippen molar-refractivity contribution in [1.29, 1.82) is 0 Å². The molecule has 3 aromatic carbocycles. The number of amides is 1. The summed E-state index contributed by atoms with van der Waals surface area (Å²) in [6.07, 6.45) is 0. The first-order valence-corrected chi connectivity index (χ1v) is 8.97. The Morgan fingerprint density at radius 2 is 1.83 bits per heavy atom. The predicted molar refractivity (Wildman–Crippen MR) is 114 cm³/mol. The van der Waals surface area contributed by atoms with Crippen LogP contribution in [-0.4, -0.2) is 10.8 Å². The van der Waals surface area contributed by atoms with Crippen LogP contribution >= 0.6 is 0 Å². The average Bonchev–Trinajstić information content (AvgIpc) is 3.02. The second-order valence-electron chi connectivity index (χ2n) is 6.76. The van der Waals surface area contributed by atoms with E-state index in [0.29, 0.717) is 39.5 Å². The maximum absolute atomic E-state index is 12.8. The third-order valence-electron chi connectivity index (χ3n) is 4.78. The molecular weight excluding hydrogens is 368 g/mol. The normalized spacial score (nSPS) is 14.2. The first kappa shape index (κ1) is 18.2. The summed E-state index contributed by atoms with van der Waals surface area (Å²) in [5, 5.41) is 17.4. The molecule has 0 aromatic heterocycles. The number of nitro groups is 1. The molecule has 1 aliphatic heterocycles. The van der Waals surface area contributed by atoms with Gasteiger partial charge in [0.05, 0.1) is 16.2 Å². The summed E-state index contributed by atoms with van der Waals surface area (Å²) in [6, 6.07) is 19.5. The minimum atomic E-state index is -0.422. The van der Waals surface area contributed by atoms with Gasteiger partial charge in [-0.15, -0.1) is 0 Å². The monoisotopic (exact) mass is 386 g/mol. The summed E-state index contributed by atoms with van der Waals surface area (Å²) in [5.74, 6) is -0.265. The Labute approximate surface area is 167 Å². The number of nitrogens with two attached hydrogens (primary N) is 1. The fourth-order valence-electron chi connectivity index (χ4n) is 3.35. The number of carbonyl (C=O) groups is 1. The summed E-state index contributed by atoms with van der Waals surface area (Å²) in [5.41, 5.74) is 10.7. The number of hydrogen-bond acceptors (Lipinski definition) is 5. The van der Waals surface area contributed by atoms with Crippen LogP contribution in [0.2, 0.25) is 0 Å². The molecule has 0 aliphatic carbocycles. The number of nitrogen functional groups attached to an aromatic ring is 1. The van der Waals surface area contributed by atoms with Crippen LogP contribution < -0.4 is 16.4 Å². The molecule has 29 heavy (non-hydrogen) atoms. The molecule has 0 saturated heterocycles. The lowest BCUT2D eigenvalue weighted by Gasteiger charge is -2.15. The Balaban J connectivity index is 1.91. The lowest BCUT2D eigenvalue weighted by molar-refractivity contribution is -0.385. The molecule has 4 rings (SSSR count). The van der Waals surface area contributed by atoms with Crippen LogP contribution in [0.4, 0.5) is 22.7 Å². The largest absolute Gasteiger partial charge is 0.399 e. The van der Waals surface area contributed by atoms with Crippen molar-refractivity contribution < 1.29 is 9.72 Å². The first-order chi connectivity index (χ1) is 13.9. The second kappa shape index (κ2) is 7.12. The molecule has 1 aliphatic rings.